The summed E-state index contributed by atoms with van der Waals surface area (Å²) in [5.74, 6) is -0.509. The Morgan fingerprint density at radius 1 is 1.08 bits per heavy atom. The van der Waals surface area contributed by atoms with Gasteiger partial charge in [-0.05, 0) is 30.3 Å². The molecule has 3 rings (SSSR count). The Labute approximate surface area is 147 Å². The fourth-order valence-electron chi connectivity index (χ4n) is 2.13. The Bertz CT molecular complexity index is 992. The molecule has 3 aromatic rings. The summed E-state index contributed by atoms with van der Waals surface area (Å²) in [6, 6.07) is 11.9. The molecule has 24 heavy (non-hydrogen) atoms. The number of carbonyl (C=O) groups excluding carboxylic acids is 1. The third kappa shape index (κ3) is 3.32. The van der Waals surface area contributed by atoms with Gasteiger partial charge in [0.25, 0.3) is 11.5 Å². The summed E-state index contributed by atoms with van der Waals surface area (Å²) in [7, 11) is 0. The molecule has 0 radical (unpaired) electrons. The van der Waals surface area contributed by atoms with Crippen molar-refractivity contribution in [1.82, 2.24) is 9.66 Å². The van der Waals surface area contributed by atoms with Gasteiger partial charge in [-0.15, -0.1) is 0 Å². The number of nitrogens with zero attached hydrogens (tertiary/aromatic N) is 2. The van der Waals surface area contributed by atoms with Crippen molar-refractivity contribution in [3.8, 4) is 0 Å². The summed E-state index contributed by atoms with van der Waals surface area (Å²) in [6.45, 7) is 0. The van der Waals surface area contributed by atoms with E-state index in [1.807, 2.05) is 0 Å². The molecule has 1 N–H and O–H groups in total. The van der Waals surface area contributed by atoms with E-state index < -0.39 is 5.91 Å². The summed E-state index contributed by atoms with van der Waals surface area (Å²) in [5, 5.41) is 1.27. The number of aromatic nitrogens is 2. The van der Waals surface area contributed by atoms with E-state index in [1.165, 1.54) is 18.5 Å². The Hall–Kier alpha value is -2.63. The summed E-state index contributed by atoms with van der Waals surface area (Å²) >= 11 is 12.1. The number of benzene rings is 2. The van der Waals surface area contributed by atoms with Crippen LogP contribution in [0.5, 0.6) is 0 Å². The van der Waals surface area contributed by atoms with E-state index >= 15 is 0 Å². The Kier molecular flexibility index (Phi) is 4.64. The van der Waals surface area contributed by atoms with Crippen molar-refractivity contribution in [2.75, 3.05) is 5.43 Å². The van der Waals surface area contributed by atoms with Crippen LogP contribution >= 0.6 is 23.2 Å². The third-order valence-corrected chi connectivity index (χ3v) is 3.96. The van der Waals surface area contributed by atoms with Crippen LogP contribution in [0.3, 0.4) is 0 Å². The first-order chi connectivity index (χ1) is 11.6. The van der Waals surface area contributed by atoms with Crippen molar-refractivity contribution in [1.29, 1.82) is 0 Å². The molecule has 0 saturated heterocycles. The van der Waals surface area contributed by atoms with E-state index in [1.54, 1.807) is 42.5 Å². The number of hydrogen-bond donors (Lipinski definition) is 1. The second-order valence-corrected chi connectivity index (χ2v) is 5.70. The molecular formula is C17H11Cl2N3O2. The number of fused-ring (bicyclic) bond motifs is 1. The number of carbonyl (C=O) groups is 1. The standard InChI is InChI=1S/C17H11Cl2N3O2/c18-13-5-3-6-14(19)11(13)8-9-16(23)21-22-10-20-15-7-2-1-4-12(15)17(22)24/h1-10H,(H,21,23)/b9-8+. The minimum atomic E-state index is -0.509. The number of halogens is 2. The van der Waals surface area contributed by atoms with Crippen molar-refractivity contribution >= 4 is 46.1 Å². The summed E-state index contributed by atoms with van der Waals surface area (Å²) in [4.78, 5) is 28.4. The predicted octanol–water partition coefficient (Wildman–Crippen LogP) is 3.49. The van der Waals surface area contributed by atoms with Crippen LogP contribution in [0.4, 0.5) is 0 Å². The van der Waals surface area contributed by atoms with Gasteiger partial charge in [0.1, 0.15) is 6.33 Å². The van der Waals surface area contributed by atoms with Crippen molar-refractivity contribution in [3.05, 3.63) is 80.8 Å². The normalized spacial score (nSPS) is 11.1. The molecule has 1 heterocycles. The number of para-hydroxylation sites is 1. The van der Waals surface area contributed by atoms with E-state index in [0.717, 1.165) is 4.68 Å². The number of nitrogens with one attached hydrogen (secondary N) is 1. The van der Waals surface area contributed by atoms with Crippen LogP contribution in [-0.2, 0) is 4.79 Å². The lowest BCUT2D eigenvalue weighted by Crippen LogP contribution is -2.32. The van der Waals surface area contributed by atoms with E-state index in [2.05, 4.69) is 10.4 Å². The van der Waals surface area contributed by atoms with Gasteiger partial charge < -0.3 is 0 Å². The second-order valence-electron chi connectivity index (χ2n) is 4.88. The van der Waals surface area contributed by atoms with Crippen LogP contribution in [0.15, 0.2) is 59.7 Å². The van der Waals surface area contributed by atoms with Gasteiger partial charge in [-0.25, -0.2) is 9.66 Å². The van der Waals surface area contributed by atoms with Crippen LogP contribution in [0.1, 0.15) is 5.56 Å². The molecule has 1 amide bonds. The van der Waals surface area contributed by atoms with E-state index in [9.17, 15) is 9.59 Å². The Balaban J connectivity index is 1.84. The zero-order valence-electron chi connectivity index (χ0n) is 12.2. The minimum absolute atomic E-state index is 0.363. The average Bonchev–Trinajstić information content (AvgIpc) is 2.57. The highest BCUT2D eigenvalue weighted by Crippen LogP contribution is 2.25. The summed E-state index contributed by atoms with van der Waals surface area (Å²) < 4.78 is 1.03. The smallest absolute Gasteiger partial charge is 0.268 e. The topological polar surface area (TPSA) is 64.0 Å². The monoisotopic (exact) mass is 359 g/mol. The van der Waals surface area contributed by atoms with Gasteiger partial charge >= 0.3 is 0 Å². The van der Waals surface area contributed by atoms with Crippen molar-refractivity contribution < 1.29 is 4.79 Å². The maximum absolute atomic E-state index is 12.3. The predicted molar refractivity (Wildman–Crippen MR) is 95.9 cm³/mol. The first kappa shape index (κ1) is 16.2. The van der Waals surface area contributed by atoms with E-state index in [-0.39, 0.29) is 5.56 Å². The Morgan fingerprint density at radius 2 is 1.79 bits per heavy atom. The zero-order valence-corrected chi connectivity index (χ0v) is 13.8. The van der Waals surface area contributed by atoms with Crippen molar-refractivity contribution in [2.45, 2.75) is 0 Å². The van der Waals surface area contributed by atoms with E-state index in [0.29, 0.717) is 26.5 Å². The van der Waals surface area contributed by atoms with Crippen LogP contribution in [0.25, 0.3) is 17.0 Å². The van der Waals surface area contributed by atoms with Crippen LogP contribution in [0.2, 0.25) is 10.0 Å². The third-order valence-electron chi connectivity index (χ3n) is 3.30. The van der Waals surface area contributed by atoms with Gasteiger partial charge in [0, 0.05) is 21.7 Å². The highest BCUT2D eigenvalue weighted by Gasteiger charge is 2.06. The lowest BCUT2D eigenvalue weighted by Gasteiger charge is -2.06. The zero-order chi connectivity index (χ0) is 17.1. The lowest BCUT2D eigenvalue weighted by molar-refractivity contribution is -0.112. The maximum Gasteiger partial charge on any atom is 0.280 e. The molecule has 0 atom stereocenters. The molecule has 0 bridgehead atoms. The van der Waals surface area contributed by atoms with Gasteiger partial charge in [0.15, 0.2) is 0 Å². The molecule has 0 aliphatic carbocycles. The van der Waals surface area contributed by atoms with Crippen LogP contribution < -0.4 is 11.0 Å². The number of amides is 1. The molecule has 5 nitrogen and oxygen atoms in total. The second kappa shape index (κ2) is 6.86. The van der Waals surface area contributed by atoms with Gasteiger partial charge in [0.2, 0.25) is 0 Å². The summed E-state index contributed by atoms with van der Waals surface area (Å²) in [6.07, 6.45) is 3.99. The molecule has 7 heteroatoms. The van der Waals surface area contributed by atoms with E-state index in [4.69, 9.17) is 23.2 Å². The van der Waals surface area contributed by atoms with Crippen LogP contribution in [-0.4, -0.2) is 15.6 Å². The molecule has 0 saturated carbocycles. The molecule has 2 aromatic carbocycles. The first-order valence-electron chi connectivity index (χ1n) is 6.96. The first-order valence-corrected chi connectivity index (χ1v) is 7.71. The van der Waals surface area contributed by atoms with Gasteiger partial charge in [-0.3, -0.25) is 15.0 Å². The highest BCUT2D eigenvalue weighted by atomic mass is 35.5. The molecule has 1 aromatic heterocycles. The average molecular weight is 360 g/mol. The molecule has 0 aliphatic heterocycles. The Morgan fingerprint density at radius 3 is 2.54 bits per heavy atom. The molecule has 120 valence electrons. The molecule has 0 aliphatic rings. The quantitative estimate of drug-likeness (QED) is 0.728. The minimum Gasteiger partial charge on any atom is -0.268 e. The molecule has 0 spiro atoms. The van der Waals surface area contributed by atoms with Gasteiger partial charge in [-0.1, -0.05) is 41.4 Å². The largest absolute Gasteiger partial charge is 0.280 e. The van der Waals surface area contributed by atoms with Gasteiger partial charge in [0.05, 0.1) is 10.9 Å². The number of hydrogen-bond acceptors (Lipinski definition) is 3. The van der Waals surface area contributed by atoms with Crippen LogP contribution in [0, 0.1) is 0 Å². The molecular weight excluding hydrogens is 349 g/mol. The lowest BCUT2D eigenvalue weighted by atomic mass is 10.2. The van der Waals surface area contributed by atoms with Crippen molar-refractivity contribution in [2.24, 2.45) is 0 Å². The molecule has 0 unspecified atom stereocenters. The molecule has 0 fully saturated rings. The SMILES string of the molecule is O=C(/C=C/c1c(Cl)cccc1Cl)Nn1cnc2ccccc2c1=O. The maximum atomic E-state index is 12.3. The van der Waals surface area contributed by atoms with Gasteiger partial charge in [-0.2, -0.15) is 0 Å². The summed E-state index contributed by atoms with van der Waals surface area (Å²) in [5.41, 5.74) is 3.17. The van der Waals surface area contributed by atoms with Crippen molar-refractivity contribution in [3.63, 3.8) is 0 Å². The highest BCUT2D eigenvalue weighted by molar-refractivity contribution is 6.37. The fraction of sp³-hybridized carbons (Fsp3) is 0. The fourth-order valence-corrected chi connectivity index (χ4v) is 2.66. The number of rotatable bonds is 3.